The lowest BCUT2D eigenvalue weighted by atomic mass is 9.96. The third kappa shape index (κ3) is 4.28. The Hall–Kier alpha value is -1.46. The number of carbonyl (C=O) groups excluding carboxylic acids is 1. The molecule has 0 aromatic carbocycles. The molecule has 0 saturated carbocycles. The van der Waals surface area contributed by atoms with Gasteiger partial charge in [0.1, 0.15) is 5.82 Å². The predicted molar refractivity (Wildman–Crippen MR) is 78.4 cm³/mol. The van der Waals surface area contributed by atoms with Crippen molar-refractivity contribution in [3.05, 3.63) is 23.9 Å². The van der Waals surface area contributed by atoms with E-state index in [1.807, 2.05) is 39.0 Å². The number of hydrogen-bond donors (Lipinski definition) is 1. The molecule has 1 saturated heterocycles. The topological polar surface area (TPSA) is 54.5 Å². The van der Waals surface area contributed by atoms with E-state index >= 15 is 0 Å². The molecule has 2 heterocycles. The van der Waals surface area contributed by atoms with Gasteiger partial charge >= 0.3 is 0 Å². The van der Waals surface area contributed by atoms with Crippen molar-refractivity contribution in [3.63, 3.8) is 0 Å². The average molecular weight is 277 g/mol. The Morgan fingerprint density at radius 1 is 1.35 bits per heavy atom. The fourth-order valence-corrected chi connectivity index (χ4v) is 1.93. The molecular formula is C15H23N3O2. The van der Waals surface area contributed by atoms with Crippen molar-refractivity contribution in [1.82, 2.24) is 9.88 Å². The maximum absolute atomic E-state index is 12.0. The van der Waals surface area contributed by atoms with Crippen molar-refractivity contribution >= 4 is 11.7 Å². The average Bonchev–Trinajstić information content (AvgIpc) is 2.39. The Balaban J connectivity index is 1.98. The van der Waals surface area contributed by atoms with Crippen LogP contribution in [0.1, 0.15) is 26.5 Å². The number of morpholine rings is 1. The van der Waals surface area contributed by atoms with Crippen LogP contribution in [0.25, 0.3) is 0 Å². The van der Waals surface area contributed by atoms with Crippen LogP contribution in [0.3, 0.4) is 0 Å². The lowest BCUT2D eigenvalue weighted by molar-refractivity contribution is -0.123. The second-order valence-electron chi connectivity index (χ2n) is 6.11. The number of nitrogens with one attached hydrogen (secondary N) is 1. The Labute approximate surface area is 120 Å². The van der Waals surface area contributed by atoms with E-state index in [-0.39, 0.29) is 5.91 Å². The molecule has 1 aliphatic heterocycles. The van der Waals surface area contributed by atoms with Crippen molar-refractivity contribution in [2.75, 3.05) is 31.6 Å². The molecule has 20 heavy (non-hydrogen) atoms. The van der Waals surface area contributed by atoms with Crippen molar-refractivity contribution < 1.29 is 9.53 Å². The largest absolute Gasteiger partial charge is 0.379 e. The highest BCUT2D eigenvalue weighted by Gasteiger charge is 2.21. The molecule has 2 rings (SSSR count). The zero-order valence-corrected chi connectivity index (χ0v) is 12.5. The van der Waals surface area contributed by atoms with Crippen molar-refractivity contribution in [3.8, 4) is 0 Å². The van der Waals surface area contributed by atoms with Gasteiger partial charge in [-0.1, -0.05) is 26.8 Å². The van der Waals surface area contributed by atoms with Gasteiger partial charge in [0.15, 0.2) is 0 Å². The first-order valence-electron chi connectivity index (χ1n) is 7.02. The number of nitrogens with zero attached hydrogens (tertiary/aromatic N) is 2. The second kappa shape index (κ2) is 6.33. The molecular weight excluding hydrogens is 254 g/mol. The molecule has 1 aromatic rings. The maximum Gasteiger partial charge on any atom is 0.230 e. The van der Waals surface area contributed by atoms with E-state index < -0.39 is 5.41 Å². The number of ether oxygens (including phenoxy) is 1. The van der Waals surface area contributed by atoms with E-state index in [0.717, 1.165) is 38.5 Å². The molecule has 1 N–H and O–H groups in total. The molecule has 0 bridgehead atoms. The van der Waals surface area contributed by atoms with Gasteiger partial charge in [-0.25, -0.2) is 4.98 Å². The number of aromatic nitrogens is 1. The molecule has 110 valence electrons. The third-order valence-corrected chi connectivity index (χ3v) is 3.22. The first kappa shape index (κ1) is 14.9. The number of anilines is 1. The first-order valence-corrected chi connectivity index (χ1v) is 7.02. The summed E-state index contributed by atoms with van der Waals surface area (Å²) >= 11 is 0. The van der Waals surface area contributed by atoms with Crippen LogP contribution in [0.5, 0.6) is 0 Å². The molecule has 1 aliphatic rings. The number of rotatable bonds is 3. The van der Waals surface area contributed by atoms with Crippen LogP contribution in [-0.4, -0.2) is 42.1 Å². The molecule has 1 fully saturated rings. The lowest BCUT2D eigenvalue weighted by Crippen LogP contribution is -2.36. The van der Waals surface area contributed by atoms with Crippen LogP contribution in [0.4, 0.5) is 5.82 Å². The van der Waals surface area contributed by atoms with Crippen molar-refractivity contribution in [1.29, 1.82) is 0 Å². The van der Waals surface area contributed by atoms with Crippen molar-refractivity contribution in [2.45, 2.75) is 27.3 Å². The molecule has 0 spiro atoms. The van der Waals surface area contributed by atoms with Crippen LogP contribution < -0.4 is 5.32 Å². The van der Waals surface area contributed by atoms with Gasteiger partial charge in [-0.3, -0.25) is 9.69 Å². The molecule has 0 atom stereocenters. The summed E-state index contributed by atoms with van der Waals surface area (Å²) in [5, 5.41) is 2.87. The molecule has 1 amide bonds. The molecule has 0 aliphatic carbocycles. The standard InChI is InChI=1S/C15H23N3O2/c1-15(2,3)14(19)17-13-6-4-5-12(16-13)11-18-7-9-20-10-8-18/h4-6H,7-11H2,1-3H3,(H,16,17,19). The predicted octanol–water partition coefficient (Wildman–Crippen LogP) is 1.90. The summed E-state index contributed by atoms with van der Waals surface area (Å²) in [4.78, 5) is 18.8. The van der Waals surface area contributed by atoms with Gasteiger partial charge in [0.25, 0.3) is 0 Å². The Bertz CT molecular complexity index is 462. The minimum Gasteiger partial charge on any atom is -0.379 e. The van der Waals surface area contributed by atoms with Crippen LogP contribution in [-0.2, 0) is 16.1 Å². The minimum atomic E-state index is -0.415. The van der Waals surface area contributed by atoms with E-state index in [1.165, 1.54) is 0 Å². The monoisotopic (exact) mass is 277 g/mol. The molecule has 5 nitrogen and oxygen atoms in total. The van der Waals surface area contributed by atoms with Gasteiger partial charge in [-0.15, -0.1) is 0 Å². The summed E-state index contributed by atoms with van der Waals surface area (Å²) in [7, 11) is 0. The number of amides is 1. The number of pyridine rings is 1. The highest BCUT2D eigenvalue weighted by Crippen LogP contribution is 2.16. The van der Waals surface area contributed by atoms with Gasteiger partial charge in [-0.05, 0) is 12.1 Å². The highest BCUT2D eigenvalue weighted by molar-refractivity contribution is 5.93. The van der Waals surface area contributed by atoms with E-state index in [4.69, 9.17) is 4.74 Å². The fourth-order valence-electron chi connectivity index (χ4n) is 1.93. The lowest BCUT2D eigenvalue weighted by Gasteiger charge is -2.26. The van der Waals surface area contributed by atoms with Gasteiger partial charge in [0.2, 0.25) is 5.91 Å². The SMILES string of the molecule is CC(C)(C)C(=O)Nc1cccc(CN2CCOCC2)n1. The molecule has 0 radical (unpaired) electrons. The van der Waals surface area contributed by atoms with Crippen LogP contribution >= 0.6 is 0 Å². The van der Waals surface area contributed by atoms with Crippen LogP contribution in [0.15, 0.2) is 18.2 Å². The number of hydrogen-bond acceptors (Lipinski definition) is 4. The number of carbonyl (C=O) groups is 1. The molecule has 1 aromatic heterocycles. The zero-order valence-electron chi connectivity index (χ0n) is 12.5. The van der Waals surface area contributed by atoms with Gasteiger partial charge in [-0.2, -0.15) is 0 Å². The van der Waals surface area contributed by atoms with Gasteiger partial charge < -0.3 is 10.1 Å². The normalized spacial score (nSPS) is 16.9. The summed E-state index contributed by atoms with van der Waals surface area (Å²) in [6.45, 7) is 9.88. The van der Waals surface area contributed by atoms with Crippen molar-refractivity contribution in [2.24, 2.45) is 5.41 Å². The van der Waals surface area contributed by atoms with E-state index in [0.29, 0.717) is 5.82 Å². The van der Waals surface area contributed by atoms with E-state index in [1.54, 1.807) is 0 Å². The Morgan fingerprint density at radius 2 is 2.05 bits per heavy atom. The summed E-state index contributed by atoms with van der Waals surface area (Å²) in [5.74, 6) is 0.601. The smallest absolute Gasteiger partial charge is 0.230 e. The highest BCUT2D eigenvalue weighted by atomic mass is 16.5. The fraction of sp³-hybridized carbons (Fsp3) is 0.600. The maximum atomic E-state index is 12.0. The van der Waals surface area contributed by atoms with E-state index in [9.17, 15) is 4.79 Å². The third-order valence-electron chi connectivity index (χ3n) is 3.22. The minimum absolute atomic E-state index is 0.0199. The van der Waals surface area contributed by atoms with E-state index in [2.05, 4.69) is 15.2 Å². The zero-order chi connectivity index (χ0) is 14.6. The summed E-state index contributed by atoms with van der Waals surface area (Å²) in [5.41, 5.74) is 0.556. The van der Waals surface area contributed by atoms with Crippen LogP contribution in [0, 0.1) is 5.41 Å². The van der Waals surface area contributed by atoms with Crippen LogP contribution in [0.2, 0.25) is 0 Å². The molecule has 0 unspecified atom stereocenters. The molecule has 5 heteroatoms. The summed E-state index contributed by atoms with van der Waals surface area (Å²) in [6, 6.07) is 5.75. The Kier molecular flexibility index (Phi) is 4.73. The summed E-state index contributed by atoms with van der Waals surface area (Å²) < 4.78 is 5.33. The quantitative estimate of drug-likeness (QED) is 0.917. The second-order valence-corrected chi connectivity index (χ2v) is 6.11. The summed E-state index contributed by atoms with van der Waals surface area (Å²) in [6.07, 6.45) is 0. The first-order chi connectivity index (χ1) is 9.45. The Morgan fingerprint density at radius 3 is 2.70 bits per heavy atom. The van der Waals surface area contributed by atoms with Gasteiger partial charge in [0.05, 0.1) is 18.9 Å². The van der Waals surface area contributed by atoms with Gasteiger partial charge in [0, 0.05) is 25.0 Å².